The van der Waals surface area contributed by atoms with Gasteiger partial charge >= 0.3 is 0 Å². The topological polar surface area (TPSA) is 97.0 Å². The van der Waals surface area contributed by atoms with Crippen LogP contribution in [-0.4, -0.2) is 59.6 Å². The number of fused-ring (bicyclic) bond motifs is 1. The summed E-state index contributed by atoms with van der Waals surface area (Å²) in [6, 6.07) is 6.53. The second kappa shape index (κ2) is 9.64. The normalized spacial score (nSPS) is 31.5. The molecule has 1 spiro atoms. The van der Waals surface area contributed by atoms with Crippen molar-refractivity contribution in [3.05, 3.63) is 36.4 Å². The van der Waals surface area contributed by atoms with Crippen molar-refractivity contribution in [1.29, 1.82) is 0 Å². The molecule has 188 valence electrons. The van der Waals surface area contributed by atoms with Crippen molar-refractivity contribution < 1.29 is 23.9 Å². The van der Waals surface area contributed by atoms with E-state index < -0.39 is 29.6 Å². The molecule has 1 aromatic rings. The Labute approximate surface area is 206 Å². The predicted molar refractivity (Wildman–Crippen MR) is 131 cm³/mol. The van der Waals surface area contributed by atoms with Gasteiger partial charge in [0, 0.05) is 18.3 Å². The molecule has 3 heterocycles. The summed E-state index contributed by atoms with van der Waals surface area (Å²) >= 11 is 0. The number of hydrogen-bond acceptors (Lipinski definition) is 5. The SMILES string of the molecule is CCCN1C(=O)[C@@H]2[C@@H](C(=O)Nc3ccc(OCC)cc3)[C@@H]3C=C[C@@]2(O3)[C@@H]1C(=O)NC1CCCCC1. The average molecular weight is 482 g/mol. The Hall–Kier alpha value is -2.87. The number of ether oxygens (including phenoxy) is 2. The van der Waals surface area contributed by atoms with Crippen LogP contribution in [0.5, 0.6) is 5.75 Å². The van der Waals surface area contributed by atoms with Crippen molar-refractivity contribution in [2.24, 2.45) is 11.8 Å². The van der Waals surface area contributed by atoms with E-state index in [9.17, 15) is 14.4 Å². The maximum Gasteiger partial charge on any atom is 0.246 e. The lowest BCUT2D eigenvalue weighted by atomic mass is 9.74. The van der Waals surface area contributed by atoms with Crippen LogP contribution >= 0.6 is 0 Å². The molecule has 4 aliphatic rings. The zero-order valence-electron chi connectivity index (χ0n) is 20.5. The summed E-state index contributed by atoms with van der Waals surface area (Å²) < 4.78 is 11.8. The number of rotatable bonds is 8. The number of amides is 3. The molecule has 2 N–H and O–H groups in total. The second-order valence-corrected chi connectivity index (χ2v) is 10.0. The van der Waals surface area contributed by atoms with E-state index in [2.05, 4.69) is 10.6 Å². The first-order chi connectivity index (χ1) is 17.0. The van der Waals surface area contributed by atoms with Gasteiger partial charge in [0.25, 0.3) is 0 Å². The molecule has 1 saturated carbocycles. The van der Waals surface area contributed by atoms with Crippen LogP contribution in [0.3, 0.4) is 0 Å². The number of anilines is 1. The molecule has 1 aromatic carbocycles. The summed E-state index contributed by atoms with van der Waals surface area (Å²) in [5.41, 5.74) is -0.474. The highest BCUT2D eigenvalue weighted by Gasteiger charge is 2.72. The monoisotopic (exact) mass is 481 g/mol. The van der Waals surface area contributed by atoms with Gasteiger partial charge < -0.3 is 25.0 Å². The van der Waals surface area contributed by atoms with Crippen LogP contribution in [0.2, 0.25) is 0 Å². The van der Waals surface area contributed by atoms with E-state index in [4.69, 9.17) is 9.47 Å². The molecule has 8 heteroatoms. The number of likely N-dealkylation sites (tertiary alicyclic amines) is 1. The molecule has 3 amide bonds. The first-order valence-electron chi connectivity index (χ1n) is 13.0. The van der Waals surface area contributed by atoms with Crippen molar-refractivity contribution >= 4 is 23.4 Å². The van der Waals surface area contributed by atoms with E-state index in [1.165, 1.54) is 6.42 Å². The summed E-state index contributed by atoms with van der Waals surface area (Å²) in [6.45, 7) is 4.92. The molecular weight excluding hydrogens is 446 g/mol. The third-order valence-corrected chi connectivity index (χ3v) is 7.77. The van der Waals surface area contributed by atoms with Crippen LogP contribution < -0.4 is 15.4 Å². The third kappa shape index (κ3) is 4.11. The van der Waals surface area contributed by atoms with Gasteiger partial charge in [-0.05, 0) is 50.5 Å². The largest absolute Gasteiger partial charge is 0.494 e. The highest BCUT2D eigenvalue weighted by Crippen LogP contribution is 2.55. The zero-order valence-corrected chi connectivity index (χ0v) is 20.5. The smallest absolute Gasteiger partial charge is 0.246 e. The van der Waals surface area contributed by atoms with E-state index in [1.54, 1.807) is 29.2 Å². The van der Waals surface area contributed by atoms with Gasteiger partial charge in [0.05, 0.1) is 24.5 Å². The van der Waals surface area contributed by atoms with E-state index in [1.807, 2.05) is 26.0 Å². The van der Waals surface area contributed by atoms with Crippen LogP contribution in [0.25, 0.3) is 0 Å². The minimum absolute atomic E-state index is 0.131. The van der Waals surface area contributed by atoms with Crippen molar-refractivity contribution in [2.75, 3.05) is 18.5 Å². The van der Waals surface area contributed by atoms with Crippen molar-refractivity contribution in [1.82, 2.24) is 10.2 Å². The second-order valence-electron chi connectivity index (χ2n) is 10.0. The Morgan fingerprint density at radius 3 is 2.54 bits per heavy atom. The highest BCUT2D eigenvalue weighted by molar-refractivity contribution is 6.02. The molecule has 3 aliphatic heterocycles. The molecular formula is C27H35N3O5. The van der Waals surface area contributed by atoms with Gasteiger partial charge in [-0.1, -0.05) is 38.3 Å². The zero-order chi connectivity index (χ0) is 24.6. The summed E-state index contributed by atoms with van der Waals surface area (Å²) in [5, 5.41) is 6.15. The summed E-state index contributed by atoms with van der Waals surface area (Å²) in [6.07, 6.45) is 9.23. The van der Waals surface area contributed by atoms with Gasteiger partial charge in [0.1, 0.15) is 17.4 Å². The van der Waals surface area contributed by atoms with Crippen LogP contribution in [-0.2, 0) is 19.1 Å². The Morgan fingerprint density at radius 1 is 1.11 bits per heavy atom. The van der Waals surface area contributed by atoms with E-state index in [0.717, 1.165) is 37.9 Å². The van der Waals surface area contributed by atoms with Gasteiger partial charge in [-0.2, -0.15) is 0 Å². The number of benzene rings is 1. The first kappa shape index (κ1) is 23.9. The Kier molecular flexibility index (Phi) is 6.57. The van der Waals surface area contributed by atoms with Gasteiger partial charge in [-0.3, -0.25) is 14.4 Å². The molecule has 0 unspecified atom stereocenters. The molecule has 2 bridgehead atoms. The lowest BCUT2D eigenvalue weighted by molar-refractivity contribution is -0.141. The van der Waals surface area contributed by atoms with Crippen molar-refractivity contribution in [2.45, 2.75) is 76.2 Å². The Bertz CT molecular complexity index is 1000. The number of carbonyl (C=O) groups is 3. The maximum absolute atomic E-state index is 13.7. The van der Waals surface area contributed by atoms with E-state index in [0.29, 0.717) is 18.8 Å². The maximum atomic E-state index is 13.7. The molecule has 35 heavy (non-hydrogen) atoms. The van der Waals surface area contributed by atoms with E-state index in [-0.39, 0.29) is 23.8 Å². The molecule has 0 radical (unpaired) electrons. The lowest BCUT2D eigenvalue weighted by Gasteiger charge is -2.34. The predicted octanol–water partition coefficient (Wildman–Crippen LogP) is 3.03. The molecule has 2 saturated heterocycles. The van der Waals surface area contributed by atoms with Gasteiger partial charge in [-0.25, -0.2) is 0 Å². The third-order valence-electron chi connectivity index (χ3n) is 7.77. The summed E-state index contributed by atoms with van der Waals surface area (Å²) in [5.74, 6) is -1.29. The molecule has 1 aliphatic carbocycles. The highest BCUT2D eigenvalue weighted by atomic mass is 16.5. The summed E-state index contributed by atoms with van der Waals surface area (Å²) in [4.78, 5) is 42.4. The fraction of sp³-hybridized carbons (Fsp3) is 0.593. The minimum atomic E-state index is -1.10. The molecule has 5 atom stereocenters. The standard InChI is InChI=1S/C27H35N3O5/c1-3-16-30-23(25(32)29-17-8-6-5-7-9-17)27-15-14-20(35-27)21(22(27)26(30)33)24(31)28-18-10-12-19(13-11-18)34-4-2/h10-15,17,20-23H,3-9,16H2,1-2H3,(H,28,31)(H,29,32)/t20-,21-,22-,23-,27-/m0/s1. The van der Waals surface area contributed by atoms with Gasteiger partial charge in [-0.15, -0.1) is 0 Å². The van der Waals surface area contributed by atoms with E-state index >= 15 is 0 Å². The minimum Gasteiger partial charge on any atom is -0.494 e. The van der Waals surface area contributed by atoms with Crippen molar-refractivity contribution in [3.8, 4) is 5.75 Å². The first-order valence-corrected chi connectivity index (χ1v) is 13.0. The average Bonchev–Trinajstić information content (AvgIpc) is 3.49. The van der Waals surface area contributed by atoms with Crippen LogP contribution in [0.15, 0.2) is 36.4 Å². The van der Waals surface area contributed by atoms with Crippen molar-refractivity contribution in [3.63, 3.8) is 0 Å². The fourth-order valence-corrected chi connectivity index (χ4v) is 6.30. The number of carbonyl (C=O) groups excluding carboxylic acids is 3. The molecule has 0 aromatic heterocycles. The number of nitrogens with one attached hydrogen (secondary N) is 2. The molecule has 5 rings (SSSR count). The lowest BCUT2D eigenvalue weighted by Crippen LogP contribution is -2.56. The fourth-order valence-electron chi connectivity index (χ4n) is 6.30. The summed E-state index contributed by atoms with van der Waals surface area (Å²) in [7, 11) is 0. The van der Waals surface area contributed by atoms with Gasteiger partial charge in [0.15, 0.2) is 0 Å². The van der Waals surface area contributed by atoms with Crippen LogP contribution in [0.4, 0.5) is 5.69 Å². The van der Waals surface area contributed by atoms with Gasteiger partial charge in [0.2, 0.25) is 17.7 Å². The quantitative estimate of drug-likeness (QED) is 0.557. The molecule has 3 fully saturated rings. The van der Waals surface area contributed by atoms with Crippen LogP contribution in [0.1, 0.15) is 52.4 Å². The Morgan fingerprint density at radius 2 is 1.86 bits per heavy atom. The Balaban J connectivity index is 1.38. The number of hydrogen-bond donors (Lipinski definition) is 2. The number of nitrogens with zero attached hydrogens (tertiary/aromatic N) is 1. The molecule has 8 nitrogen and oxygen atoms in total. The van der Waals surface area contributed by atoms with Crippen LogP contribution in [0, 0.1) is 11.8 Å².